The van der Waals surface area contributed by atoms with E-state index in [9.17, 15) is 5.11 Å². The van der Waals surface area contributed by atoms with Crippen LogP contribution in [-0.4, -0.2) is 29.7 Å². The van der Waals surface area contributed by atoms with Gasteiger partial charge in [-0.15, -0.1) is 0 Å². The Balaban J connectivity index is 1.92. The van der Waals surface area contributed by atoms with Crippen LogP contribution in [0.15, 0.2) is 0 Å². The molecule has 3 aliphatic rings. The Kier molecular flexibility index (Phi) is 3.71. The van der Waals surface area contributed by atoms with E-state index in [2.05, 4.69) is 33.4 Å². The van der Waals surface area contributed by atoms with Crippen molar-refractivity contribution >= 4 is 12.6 Å². The van der Waals surface area contributed by atoms with Gasteiger partial charge < -0.3 is 9.84 Å². The van der Waals surface area contributed by atoms with Crippen LogP contribution in [0.1, 0.15) is 59.3 Å². The molecule has 0 radical (unpaired) electrons. The van der Waals surface area contributed by atoms with E-state index in [0.717, 1.165) is 37.5 Å². The minimum Gasteiger partial charge on any atom is -0.393 e. The second-order valence-electron chi connectivity index (χ2n) is 8.49. The van der Waals surface area contributed by atoms with Gasteiger partial charge in [-0.3, -0.25) is 0 Å². The molecular formula is C17H30O2S. The summed E-state index contributed by atoms with van der Waals surface area (Å²) in [4.78, 5) is 0. The molecule has 0 unspecified atom stereocenters. The molecule has 2 nitrogen and oxygen atoms in total. The van der Waals surface area contributed by atoms with Gasteiger partial charge in [-0.25, -0.2) is 0 Å². The van der Waals surface area contributed by atoms with Crippen LogP contribution in [0, 0.1) is 22.2 Å². The van der Waals surface area contributed by atoms with Crippen LogP contribution in [0.2, 0.25) is 0 Å². The maximum Gasteiger partial charge on any atom is 0.0640 e. The van der Waals surface area contributed by atoms with E-state index >= 15 is 0 Å². The van der Waals surface area contributed by atoms with Gasteiger partial charge in [0.2, 0.25) is 0 Å². The first-order chi connectivity index (χ1) is 9.34. The molecule has 0 aliphatic heterocycles. The third kappa shape index (κ3) is 2.07. The fraction of sp³-hybridized carbons (Fsp3) is 1.00. The molecule has 3 aliphatic carbocycles. The fourth-order valence-corrected chi connectivity index (χ4v) is 6.04. The van der Waals surface area contributed by atoms with Crippen LogP contribution < -0.4 is 0 Å². The van der Waals surface area contributed by atoms with Gasteiger partial charge in [0.15, 0.2) is 0 Å². The number of fused-ring (bicyclic) bond motifs is 1. The smallest absolute Gasteiger partial charge is 0.0640 e. The standard InChI is InChI=1S/C17H30O2S/c1-15(2)10-14(19-8-9-20)17-7-5-13(18)16(3,11-17)6-4-12(15)17/h12-14,18,20H,4-11H2,1-3H3/t12-,13+,14-,16+,17-/m0/s1. The lowest BCUT2D eigenvalue weighted by molar-refractivity contribution is -0.154. The first-order valence-corrected chi connectivity index (χ1v) is 8.88. The van der Waals surface area contributed by atoms with Crippen molar-refractivity contribution in [2.24, 2.45) is 22.2 Å². The molecule has 0 aromatic carbocycles. The third-order valence-electron chi connectivity index (χ3n) is 6.83. The third-order valence-corrected chi connectivity index (χ3v) is 7.01. The van der Waals surface area contributed by atoms with Crippen LogP contribution >= 0.6 is 12.6 Å². The van der Waals surface area contributed by atoms with Crippen molar-refractivity contribution in [2.45, 2.75) is 71.5 Å². The van der Waals surface area contributed by atoms with Crippen molar-refractivity contribution in [1.82, 2.24) is 0 Å². The molecular weight excluding hydrogens is 268 g/mol. The maximum absolute atomic E-state index is 10.4. The van der Waals surface area contributed by atoms with Crippen LogP contribution in [0.25, 0.3) is 0 Å². The lowest BCUT2D eigenvalue weighted by Gasteiger charge is -2.58. The first kappa shape index (κ1) is 15.2. The summed E-state index contributed by atoms with van der Waals surface area (Å²) in [7, 11) is 0. The summed E-state index contributed by atoms with van der Waals surface area (Å²) in [5.74, 6) is 1.57. The molecule has 1 spiro atoms. The molecule has 3 rings (SSSR count). The quantitative estimate of drug-likeness (QED) is 0.778. The molecule has 0 aromatic heterocycles. The number of aliphatic hydroxyl groups is 1. The molecule has 0 heterocycles. The number of aliphatic hydroxyl groups excluding tert-OH is 1. The highest BCUT2D eigenvalue weighted by Gasteiger charge is 2.65. The van der Waals surface area contributed by atoms with E-state index in [1.54, 1.807) is 0 Å². The predicted octanol–water partition coefficient (Wildman–Crippen LogP) is 3.68. The van der Waals surface area contributed by atoms with Crippen molar-refractivity contribution in [3.63, 3.8) is 0 Å². The summed E-state index contributed by atoms with van der Waals surface area (Å²) >= 11 is 4.31. The summed E-state index contributed by atoms with van der Waals surface area (Å²) in [5, 5.41) is 10.4. The zero-order valence-corrected chi connectivity index (χ0v) is 14.1. The monoisotopic (exact) mass is 298 g/mol. The lowest BCUT2D eigenvalue weighted by Crippen LogP contribution is -2.54. The van der Waals surface area contributed by atoms with Crippen LogP contribution in [0.3, 0.4) is 0 Å². The van der Waals surface area contributed by atoms with Crippen LogP contribution in [0.4, 0.5) is 0 Å². The molecule has 116 valence electrons. The van der Waals surface area contributed by atoms with E-state index in [4.69, 9.17) is 4.74 Å². The molecule has 3 fully saturated rings. The second-order valence-corrected chi connectivity index (χ2v) is 8.93. The van der Waals surface area contributed by atoms with Gasteiger partial charge in [-0.2, -0.15) is 12.6 Å². The van der Waals surface area contributed by atoms with Crippen molar-refractivity contribution in [1.29, 1.82) is 0 Å². The van der Waals surface area contributed by atoms with Gasteiger partial charge >= 0.3 is 0 Å². The highest BCUT2D eigenvalue weighted by Crippen LogP contribution is 2.69. The predicted molar refractivity (Wildman–Crippen MR) is 85.1 cm³/mol. The van der Waals surface area contributed by atoms with Gasteiger partial charge in [-0.1, -0.05) is 20.8 Å². The molecule has 1 N–H and O–H groups in total. The SMILES string of the molecule is CC1(C)C[C@H](OCCS)[C@]23CC[C@@H](O)[C@](C)(CC[C@@H]12)C3. The van der Waals surface area contributed by atoms with Gasteiger partial charge in [0, 0.05) is 11.2 Å². The molecule has 0 amide bonds. The topological polar surface area (TPSA) is 29.5 Å². The number of ether oxygens (including phenoxy) is 1. The maximum atomic E-state index is 10.4. The second kappa shape index (κ2) is 4.89. The van der Waals surface area contributed by atoms with E-state index in [1.165, 1.54) is 19.3 Å². The minimum atomic E-state index is -0.108. The van der Waals surface area contributed by atoms with Gasteiger partial charge in [-0.05, 0) is 55.3 Å². The van der Waals surface area contributed by atoms with Crippen molar-refractivity contribution in [2.75, 3.05) is 12.4 Å². The summed E-state index contributed by atoms with van der Waals surface area (Å²) < 4.78 is 6.26. The molecule has 2 bridgehead atoms. The Morgan fingerprint density at radius 3 is 2.65 bits per heavy atom. The summed E-state index contributed by atoms with van der Waals surface area (Å²) in [6.07, 6.45) is 7.17. The summed E-state index contributed by atoms with van der Waals surface area (Å²) in [6.45, 7) is 7.92. The van der Waals surface area contributed by atoms with Gasteiger partial charge in [0.25, 0.3) is 0 Å². The van der Waals surface area contributed by atoms with Crippen molar-refractivity contribution in [3.05, 3.63) is 0 Å². The Labute approximate surface area is 129 Å². The number of hydrogen-bond acceptors (Lipinski definition) is 3. The molecule has 5 atom stereocenters. The first-order valence-electron chi connectivity index (χ1n) is 8.25. The van der Waals surface area contributed by atoms with E-state index in [1.807, 2.05) is 0 Å². The van der Waals surface area contributed by atoms with Gasteiger partial charge in [0.05, 0.1) is 18.8 Å². The average Bonchev–Trinajstić information content (AvgIpc) is 2.59. The normalized spacial score (nSPS) is 50.0. The van der Waals surface area contributed by atoms with Crippen LogP contribution in [-0.2, 0) is 4.74 Å². The van der Waals surface area contributed by atoms with E-state index < -0.39 is 0 Å². The molecule has 3 saturated carbocycles. The number of hydrogen-bond donors (Lipinski definition) is 2. The van der Waals surface area contributed by atoms with Crippen molar-refractivity contribution < 1.29 is 9.84 Å². The van der Waals surface area contributed by atoms with E-state index in [-0.39, 0.29) is 11.5 Å². The Morgan fingerprint density at radius 1 is 1.20 bits per heavy atom. The number of rotatable bonds is 3. The summed E-state index contributed by atoms with van der Waals surface area (Å²) in [6, 6.07) is 0. The minimum absolute atomic E-state index is 0.108. The van der Waals surface area contributed by atoms with E-state index in [0.29, 0.717) is 16.9 Å². The van der Waals surface area contributed by atoms with Crippen molar-refractivity contribution in [3.8, 4) is 0 Å². The number of thiol groups is 1. The zero-order valence-electron chi connectivity index (χ0n) is 13.2. The average molecular weight is 298 g/mol. The largest absolute Gasteiger partial charge is 0.393 e. The summed E-state index contributed by atoms with van der Waals surface area (Å²) in [5.41, 5.74) is 0.821. The highest BCUT2D eigenvalue weighted by molar-refractivity contribution is 7.80. The van der Waals surface area contributed by atoms with Gasteiger partial charge in [0.1, 0.15) is 0 Å². The fourth-order valence-electron chi connectivity index (χ4n) is 5.94. The lowest BCUT2D eigenvalue weighted by atomic mass is 9.49. The zero-order chi connectivity index (χ0) is 14.6. The Morgan fingerprint density at radius 2 is 1.95 bits per heavy atom. The molecule has 3 heteroatoms. The Hall–Kier alpha value is 0.270. The molecule has 0 saturated heterocycles. The molecule has 20 heavy (non-hydrogen) atoms. The molecule has 0 aromatic rings. The Bertz CT molecular complexity index is 383. The van der Waals surface area contributed by atoms with Crippen LogP contribution in [0.5, 0.6) is 0 Å². The highest BCUT2D eigenvalue weighted by atomic mass is 32.1.